The van der Waals surface area contributed by atoms with Gasteiger partial charge in [-0.3, -0.25) is 4.90 Å². The fourth-order valence-electron chi connectivity index (χ4n) is 2.41. The van der Waals surface area contributed by atoms with Crippen LogP contribution in [0.1, 0.15) is 52.9 Å². The summed E-state index contributed by atoms with van der Waals surface area (Å²) in [6.45, 7) is 10.7. The molecule has 0 spiro atoms. The van der Waals surface area contributed by atoms with E-state index >= 15 is 0 Å². The van der Waals surface area contributed by atoms with E-state index in [1.165, 1.54) is 51.7 Å². The SMILES string of the molecule is CCCCC(CC)CN1CCCNC1C. The summed E-state index contributed by atoms with van der Waals surface area (Å²) in [4.78, 5) is 2.62. The van der Waals surface area contributed by atoms with Gasteiger partial charge >= 0.3 is 0 Å². The summed E-state index contributed by atoms with van der Waals surface area (Å²) < 4.78 is 0. The van der Waals surface area contributed by atoms with E-state index in [1.54, 1.807) is 0 Å². The van der Waals surface area contributed by atoms with Crippen LogP contribution >= 0.6 is 0 Å². The minimum absolute atomic E-state index is 0.592. The van der Waals surface area contributed by atoms with E-state index in [4.69, 9.17) is 0 Å². The van der Waals surface area contributed by atoms with Crippen molar-refractivity contribution < 1.29 is 0 Å². The van der Waals surface area contributed by atoms with Gasteiger partial charge in [-0.15, -0.1) is 0 Å². The van der Waals surface area contributed by atoms with Gasteiger partial charge in [0.1, 0.15) is 0 Å². The molecule has 0 aromatic rings. The van der Waals surface area contributed by atoms with E-state index < -0.39 is 0 Å². The molecule has 1 N–H and O–H groups in total. The first-order valence-electron chi connectivity index (χ1n) is 6.75. The van der Waals surface area contributed by atoms with Crippen molar-refractivity contribution in [2.75, 3.05) is 19.6 Å². The quantitative estimate of drug-likeness (QED) is 0.728. The highest BCUT2D eigenvalue weighted by Crippen LogP contribution is 2.16. The van der Waals surface area contributed by atoms with E-state index in [-0.39, 0.29) is 0 Å². The molecule has 0 aromatic heterocycles. The summed E-state index contributed by atoms with van der Waals surface area (Å²) in [5.74, 6) is 0.910. The van der Waals surface area contributed by atoms with Crippen LogP contribution in [0.4, 0.5) is 0 Å². The van der Waals surface area contributed by atoms with Crippen LogP contribution in [0.25, 0.3) is 0 Å². The van der Waals surface area contributed by atoms with Crippen LogP contribution in [0, 0.1) is 5.92 Å². The lowest BCUT2D eigenvalue weighted by Crippen LogP contribution is -2.50. The van der Waals surface area contributed by atoms with Gasteiger partial charge in [-0.2, -0.15) is 0 Å². The smallest absolute Gasteiger partial charge is 0.0568 e. The van der Waals surface area contributed by atoms with Crippen LogP contribution in [0.5, 0.6) is 0 Å². The lowest BCUT2D eigenvalue weighted by atomic mass is 9.98. The van der Waals surface area contributed by atoms with Gasteiger partial charge < -0.3 is 5.32 Å². The molecule has 0 bridgehead atoms. The lowest BCUT2D eigenvalue weighted by molar-refractivity contribution is 0.117. The highest BCUT2D eigenvalue weighted by atomic mass is 15.3. The fraction of sp³-hybridized carbons (Fsp3) is 1.00. The summed E-state index contributed by atoms with van der Waals surface area (Å²) in [7, 11) is 0. The Morgan fingerprint density at radius 2 is 2.20 bits per heavy atom. The Balaban J connectivity index is 2.29. The number of hydrogen-bond donors (Lipinski definition) is 1. The van der Waals surface area contributed by atoms with Gasteiger partial charge in [0, 0.05) is 13.1 Å². The molecule has 2 unspecified atom stereocenters. The normalized spacial score (nSPS) is 25.4. The molecule has 1 fully saturated rings. The van der Waals surface area contributed by atoms with Crippen LogP contribution in [0.3, 0.4) is 0 Å². The summed E-state index contributed by atoms with van der Waals surface area (Å²) in [5, 5.41) is 3.54. The van der Waals surface area contributed by atoms with Crippen molar-refractivity contribution in [3.05, 3.63) is 0 Å². The first-order valence-corrected chi connectivity index (χ1v) is 6.75. The second kappa shape index (κ2) is 7.24. The van der Waals surface area contributed by atoms with E-state index in [0.29, 0.717) is 6.17 Å². The van der Waals surface area contributed by atoms with E-state index in [9.17, 15) is 0 Å². The topological polar surface area (TPSA) is 15.3 Å². The number of rotatable bonds is 6. The highest BCUT2D eigenvalue weighted by molar-refractivity contribution is 4.74. The third-order valence-corrected chi connectivity index (χ3v) is 3.65. The molecular formula is C13H28N2. The van der Waals surface area contributed by atoms with Gasteiger partial charge in [-0.05, 0) is 32.2 Å². The lowest BCUT2D eigenvalue weighted by Gasteiger charge is -2.36. The molecule has 0 aromatic carbocycles. The van der Waals surface area contributed by atoms with Crippen molar-refractivity contribution in [2.24, 2.45) is 5.92 Å². The molecule has 1 heterocycles. The molecule has 1 aliphatic rings. The Kier molecular flexibility index (Phi) is 6.26. The second-order valence-corrected chi connectivity index (χ2v) is 4.90. The fourth-order valence-corrected chi connectivity index (χ4v) is 2.41. The average molecular weight is 212 g/mol. The van der Waals surface area contributed by atoms with Crippen molar-refractivity contribution in [1.82, 2.24) is 10.2 Å². The molecule has 0 radical (unpaired) electrons. The van der Waals surface area contributed by atoms with E-state index in [1.807, 2.05) is 0 Å². The minimum Gasteiger partial charge on any atom is -0.302 e. The van der Waals surface area contributed by atoms with Crippen LogP contribution in [-0.2, 0) is 0 Å². The molecule has 1 rings (SSSR count). The third kappa shape index (κ3) is 4.52. The summed E-state index contributed by atoms with van der Waals surface area (Å²) in [6, 6.07) is 0. The average Bonchev–Trinajstić information content (AvgIpc) is 2.26. The van der Waals surface area contributed by atoms with E-state index in [2.05, 4.69) is 31.0 Å². The van der Waals surface area contributed by atoms with Crippen LogP contribution in [0.2, 0.25) is 0 Å². The third-order valence-electron chi connectivity index (χ3n) is 3.65. The van der Waals surface area contributed by atoms with E-state index in [0.717, 1.165) is 5.92 Å². The summed E-state index contributed by atoms with van der Waals surface area (Å²) in [5.41, 5.74) is 0. The Morgan fingerprint density at radius 3 is 2.80 bits per heavy atom. The standard InChI is InChI=1S/C13H28N2/c1-4-6-8-13(5-2)11-15-10-7-9-14-12(15)3/h12-14H,4-11H2,1-3H3. The number of hydrogen-bond acceptors (Lipinski definition) is 2. The number of nitrogens with zero attached hydrogens (tertiary/aromatic N) is 1. The zero-order valence-electron chi connectivity index (χ0n) is 10.8. The maximum Gasteiger partial charge on any atom is 0.0568 e. The first kappa shape index (κ1) is 13.0. The molecule has 1 saturated heterocycles. The molecule has 2 atom stereocenters. The maximum atomic E-state index is 3.54. The Hall–Kier alpha value is -0.0800. The molecule has 90 valence electrons. The highest BCUT2D eigenvalue weighted by Gasteiger charge is 2.20. The number of nitrogens with one attached hydrogen (secondary N) is 1. The monoisotopic (exact) mass is 212 g/mol. The van der Waals surface area contributed by atoms with Crippen molar-refractivity contribution in [2.45, 2.75) is 59.0 Å². The Bertz CT molecular complexity index is 159. The first-order chi connectivity index (χ1) is 7.27. The zero-order chi connectivity index (χ0) is 11.1. The predicted molar refractivity (Wildman–Crippen MR) is 67.0 cm³/mol. The molecule has 2 heteroatoms. The van der Waals surface area contributed by atoms with Crippen LogP contribution in [0.15, 0.2) is 0 Å². The van der Waals surface area contributed by atoms with Crippen LogP contribution < -0.4 is 5.32 Å². The molecule has 0 saturated carbocycles. The van der Waals surface area contributed by atoms with Crippen molar-refractivity contribution in [1.29, 1.82) is 0 Å². The minimum atomic E-state index is 0.592. The van der Waals surface area contributed by atoms with Crippen molar-refractivity contribution in [3.63, 3.8) is 0 Å². The van der Waals surface area contributed by atoms with Crippen molar-refractivity contribution >= 4 is 0 Å². The largest absolute Gasteiger partial charge is 0.302 e. The van der Waals surface area contributed by atoms with Gasteiger partial charge in [-0.1, -0.05) is 33.1 Å². The second-order valence-electron chi connectivity index (χ2n) is 4.90. The van der Waals surface area contributed by atoms with Gasteiger partial charge in [0.15, 0.2) is 0 Å². The molecule has 2 nitrogen and oxygen atoms in total. The molecule has 15 heavy (non-hydrogen) atoms. The summed E-state index contributed by atoms with van der Waals surface area (Å²) in [6.07, 6.45) is 7.39. The Morgan fingerprint density at radius 1 is 1.40 bits per heavy atom. The van der Waals surface area contributed by atoms with Gasteiger partial charge in [-0.25, -0.2) is 0 Å². The molecule has 0 amide bonds. The van der Waals surface area contributed by atoms with Crippen molar-refractivity contribution in [3.8, 4) is 0 Å². The summed E-state index contributed by atoms with van der Waals surface area (Å²) >= 11 is 0. The number of unbranched alkanes of at least 4 members (excludes halogenated alkanes) is 1. The predicted octanol–water partition coefficient (Wildman–Crippen LogP) is 2.84. The van der Waals surface area contributed by atoms with Gasteiger partial charge in [0.2, 0.25) is 0 Å². The Labute approximate surface area is 95.4 Å². The van der Waals surface area contributed by atoms with Gasteiger partial charge in [0.05, 0.1) is 6.17 Å². The zero-order valence-corrected chi connectivity index (χ0v) is 10.8. The molecule has 1 aliphatic heterocycles. The van der Waals surface area contributed by atoms with Gasteiger partial charge in [0.25, 0.3) is 0 Å². The maximum absolute atomic E-state index is 3.54. The molecule has 0 aliphatic carbocycles. The van der Waals surface area contributed by atoms with Crippen LogP contribution in [-0.4, -0.2) is 30.7 Å². The molecular weight excluding hydrogens is 184 g/mol.